The molecule has 0 unspecified atom stereocenters. The predicted octanol–water partition coefficient (Wildman–Crippen LogP) is 3.81. The van der Waals surface area contributed by atoms with Gasteiger partial charge >= 0.3 is 11.9 Å². The lowest BCUT2D eigenvalue weighted by atomic mass is 9.96. The lowest BCUT2D eigenvalue weighted by Crippen LogP contribution is -2.32. The fraction of sp³-hybridized carbons (Fsp3) is 0.308. The molecule has 1 fully saturated rings. The van der Waals surface area contributed by atoms with Crippen LogP contribution in [0.5, 0.6) is 0 Å². The summed E-state index contributed by atoms with van der Waals surface area (Å²) >= 11 is 5.70. The lowest BCUT2D eigenvalue weighted by Gasteiger charge is -2.28. The normalized spacial score (nSPS) is 17.3. The number of ether oxygens (including phenoxy) is 2. The number of hydrogen-bond donors (Lipinski definition) is 1. The molecule has 1 N–H and O–H groups in total. The molecule has 9 heteroatoms. The first kappa shape index (κ1) is 24.4. The summed E-state index contributed by atoms with van der Waals surface area (Å²) in [4.78, 5) is 31.0. The zero-order valence-corrected chi connectivity index (χ0v) is 21.0. The second kappa shape index (κ2) is 10.3. The molecule has 1 aliphatic heterocycles. The highest BCUT2D eigenvalue weighted by Crippen LogP contribution is 2.41. The van der Waals surface area contributed by atoms with Crippen LogP contribution in [0.1, 0.15) is 51.5 Å². The number of hydrogen-bond acceptors (Lipinski definition) is 6. The molecule has 3 aromatic rings. The van der Waals surface area contributed by atoms with E-state index < -0.39 is 5.97 Å². The second-order valence-electron chi connectivity index (χ2n) is 8.32. The highest BCUT2D eigenvalue weighted by atomic mass is 32.1. The highest BCUT2D eigenvalue weighted by molar-refractivity contribution is 7.80. The summed E-state index contributed by atoms with van der Waals surface area (Å²) in [6, 6.07) is 14.8. The Morgan fingerprint density at radius 1 is 1.09 bits per heavy atom. The minimum absolute atomic E-state index is 0.202. The number of methoxy groups -OCH3 is 2. The van der Waals surface area contributed by atoms with Crippen LogP contribution in [0.15, 0.2) is 54.7 Å². The first-order valence-electron chi connectivity index (χ1n) is 11.3. The summed E-state index contributed by atoms with van der Waals surface area (Å²) in [7, 11) is 2.76. The number of pyridine rings is 1. The Balaban J connectivity index is 1.83. The first-order chi connectivity index (χ1) is 16.9. The van der Waals surface area contributed by atoms with E-state index in [0.29, 0.717) is 17.2 Å². The maximum absolute atomic E-state index is 12.5. The molecule has 0 aliphatic carbocycles. The number of nitrogens with one attached hydrogen (secondary N) is 1. The number of esters is 2. The number of nitrogens with zero attached hydrogens (tertiary/aromatic N) is 3. The molecule has 2 aromatic heterocycles. The van der Waals surface area contributed by atoms with E-state index in [1.54, 1.807) is 12.3 Å². The molecular weight excluding hydrogens is 464 g/mol. The van der Waals surface area contributed by atoms with Gasteiger partial charge in [-0.25, -0.2) is 4.79 Å². The van der Waals surface area contributed by atoms with Crippen LogP contribution in [0.3, 0.4) is 0 Å². The topological polar surface area (TPSA) is 85.7 Å². The Kier molecular flexibility index (Phi) is 7.16. The fourth-order valence-corrected chi connectivity index (χ4v) is 5.04. The summed E-state index contributed by atoms with van der Waals surface area (Å²) < 4.78 is 11.9. The molecule has 1 aliphatic rings. The Morgan fingerprint density at radius 3 is 2.51 bits per heavy atom. The van der Waals surface area contributed by atoms with Crippen molar-refractivity contribution < 1.29 is 19.1 Å². The number of aromatic nitrogens is 2. The average Bonchev–Trinajstić information content (AvgIpc) is 3.36. The molecule has 8 nitrogen and oxygen atoms in total. The highest BCUT2D eigenvalue weighted by Gasteiger charge is 2.41. The van der Waals surface area contributed by atoms with Crippen molar-refractivity contribution in [3.05, 3.63) is 82.9 Å². The van der Waals surface area contributed by atoms with Gasteiger partial charge in [0.2, 0.25) is 0 Å². The van der Waals surface area contributed by atoms with Gasteiger partial charge in [-0.05, 0) is 62.0 Å². The monoisotopic (exact) mass is 492 g/mol. The molecule has 2 atom stereocenters. The smallest absolute Gasteiger partial charge is 0.339 e. The van der Waals surface area contributed by atoms with E-state index in [9.17, 15) is 9.59 Å². The first-order valence-corrected chi connectivity index (χ1v) is 11.7. The second-order valence-corrected chi connectivity index (χ2v) is 8.70. The van der Waals surface area contributed by atoms with Gasteiger partial charge in [0.1, 0.15) is 0 Å². The van der Waals surface area contributed by atoms with E-state index in [4.69, 9.17) is 21.7 Å². The van der Waals surface area contributed by atoms with E-state index in [1.165, 1.54) is 14.2 Å². The minimum atomic E-state index is -0.399. The third kappa shape index (κ3) is 4.64. The van der Waals surface area contributed by atoms with Crippen LogP contribution >= 0.6 is 12.2 Å². The summed E-state index contributed by atoms with van der Waals surface area (Å²) in [6.07, 6.45) is 1.96. The predicted molar refractivity (Wildman–Crippen MR) is 135 cm³/mol. The number of benzene rings is 1. The van der Waals surface area contributed by atoms with E-state index in [1.807, 2.05) is 55.1 Å². The maximum Gasteiger partial charge on any atom is 0.339 e. The van der Waals surface area contributed by atoms with Crippen molar-refractivity contribution in [1.29, 1.82) is 0 Å². The third-order valence-corrected chi connectivity index (χ3v) is 6.67. The van der Waals surface area contributed by atoms with E-state index in [-0.39, 0.29) is 24.5 Å². The van der Waals surface area contributed by atoms with Gasteiger partial charge < -0.3 is 24.3 Å². The minimum Gasteiger partial charge on any atom is -0.469 e. The Labute approximate surface area is 209 Å². The number of thiocarbonyl (C=S) groups is 1. The van der Waals surface area contributed by atoms with Crippen molar-refractivity contribution in [3.63, 3.8) is 0 Å². The number of carbonyl (C=O) groups is 2. The fourth-order valence-electron chi connectivity index (χ4n) is 4.71. The van der Waals surface area contributed by atoms with Crippen LogP contribution in [0.25, 0.3) is 5.69 Å². The molecule has 182 valence electrons. The zero-order chi connectivity index (χ0) is 25.1. The van der Waals surface area contributed by atoms with Gasteiger partial charge in [-0.1, -0.05) is 18.2 Å². The molecule has 0 saturated carbocycles. The third-order valence-electron chi connectivity index (χ3n) is 6.32. The van der Waals surface area contributed by atoms with Crippen molar-refractivity contribution in [1.82, 2.24) is 19.8 Å². The summed E-state index contributed by atoms with van der Waals surface area (Å²) in [5.74, 6) is -0.699. The largest absolute Gasteiger partial charge is 0.469 e. The van der Waals surface area contributed by atoms with Gasteiger partial charge in [0, 0.05) is 24.1 Å². The molecule has 0 amide bonds. The van der Waals surface area contributed by atoms with Gasteiger partial charge in [-0.2, -0.15) is 0 Å². The Bertz CT molecular complexity index is 1260. The average molecular weight is 493 g/mol. The summed E-state index contributed by atoms with van der Waals surface area (Å²) in [5, 5.41) is 3.95. The van der Waals surface area contributed by atoms with Crippen LogP contribution in [0, 0.1) is 13.8 Å². The van der Waals surface area contributed by atoms with Gasteiger partial charge in [0.05, 0.1) is 49.7 Å². The van der Waals surface area contributed by atoms with Crippen molar-refractivity contribution >= 4 is 29.3 Å². The standard InChI is InChI=1S/C26H28N4O4S/c1-16-15-19(17(2)30(16)21-11-6-5-9-18(21)25(32)34-4)24-23(20-10-7-8-13-27-20)28-26(35)29(24)14-12-22(31)33-3/h5-11,13,15,23-24H,12,14H2,1-4H3,(H,28,35)/t23-,24-/m1/s1. The molecule has 35 heavy (non-hydrogen) atoms. The molecule has 0 bridgehead atoms. The number of para-hydroxylation sites is 1. The molecule has 3 heterocycles. The van der Waals surface area contributed by atoms with Crippen LogP contribution < -0.4 is 5.32 Å². The summed E-state index contributed by atoms with van der Waals surface area (Å²) in [5.41, 5.74) is 5.01. The number of aryl methyl sites for hydroxylation is 1. The quantitative estimate of drug-likeness (QED) is 0.394. The van der Waals surface area contributed by atoms with Gasteiger partial charge in [-0.3, -0.25) is 9.78 Å². The van der Waals surface area contributed by atoms with Crippen molar-refractivity contribution in [2.24, 2.45) is 0 Å². The van der Waals surface area contributed by atoms with E-state index in [2.05, 4.69) is 20.9 Å². The van der Waals surface area contributed by atoms with Crippen LogP contribution in [0.2, 0.25) is 0 Å². The Hall–Kier alpha value is -3.72. The maximum atomic E-state index is 12.5. The molecular formula is C26H28N4O4S. The van der Waals surface area contributed by atoms with Crippen LogP contribution in [0.4, 0.5) is 0 Å². The number of carbonyl (C=O) groups excluding carboxylic acids is 2. The lowest BCUT2D eigenvalue weighted by molar-refractivity contribution is -0.140. The SMILES string of the molecule is COC(=O)CCN1C(=S)N[C@H](c2ccccn2)[C@H]1c1cc(C)n(-c2ccccc2C(=O)OC)c1C. The molecule has 4 rings (SSSR count). The zero-order valence-electron chi connectivity index (χ0n) is 20.1. The van der Waals surface area contributed by atoms with Gasteiger partial charge in [0.25, 0.3) is 0 Å². The molecule has 0 radical (unpaired) electrons. The van der Waals surface area contributed by atoms with Crippen molar-refractivity contribution in [2.75, 3.05) is 20.8 Å². The molecule has 1 aromatic carbocycles. The molecule has 0 spiro atoms. The number of rotatable bonds is 7. The van der Waals surface area contributed by atoms with Crippen LogP contribution in [-0.4, -0.2) is 52.3 Å². The molecule has 1 saturated heterocycles. The summed E-state index contributed by atoms with van der Waals surface area (Å²) in [6.45, 7) is 4.42. The Morgan fingerprint density at radius 2 is 1.83 bits per heavy atom. The van der Waals surface area contributed by atoms with Crippen molar-refractivity contribution in [3.8, 4) is 5.69 Å². The van der Waals surface area contributed by atoms with Gasteiger partial charge in [0.15, 0.2) is 5.11 Å². The van der Waals surface area contributed by atoms with Crippen molar-refractivity contribution in [2.45, 2.75) is 32.4 Å². The van der Waals surface area contributed by atoms with E-state index >= 15 is 0 Å². The van der Waals surface area contributed by atoms with Crippen LogP contribution in [-0.2, 0) is 14.3 Å². The van der Waals surface area contributed by atoms with E-state index in [0.717, 1.165) is 28.3 Å². The van der Waals surface area contributed by atoms with Gasteiger partial charge in [-0.15, -0.1) is 0 Å².